The summed E-state index contributed by atoms with van der Waals surface area (Å²) < 4.78 is 4.99. The van der Waals surface area contributed by atoms with Crippen molar-refractivity contribution < 1.29 is 9.53 Å². The Hall–Kier alpha value is -0.610. The van der Waals surface area contributed by atoms with Gasteiger partial charge in [-0.15, -0.1) is 0 Å². The molecule has 2 saturated heterocycles. The molecule has 19 heavy (non-hydrogen) atoms. The lowest BCUT2D eigenvalue weighted by Crippen LogP contribution is -2.51. The summed E-state index contributed by atoms with van der Waals surface area (Å²) in [6.07, 6.45) is 8.67. The summed E-state index contributed by atoms with van der Waals surface area (Å²) >= 11 is 0. The highest BCUT2D eigenvalue weighted by atomic mass is 16.5. The van der Waals surface area contributed by atoms with Crippen molar-refractivity contribution in [3.63, 3.8) is 0 Å². The van der Waals surface area contributed by atoms with Crippen LogP contribution in [0.25, 0.3) is 0 Å². The third kappa shape index (κ3) is 4.77. The van der Waals surface area contributed by atoms with E-state index in [1.54, 1.807) is 0 Å². The molecule has 2 aliphatic rings. The first kappa shape index (κ1) is 14.8. The predicted octanol–water partition coefficient (Wildman–Crippen LogP) is 2.14. The van der Waals surface area contributed by atoms with Crippen molar-refractivity contribution in [3.8, 4) is 0 Å². The van der Waals surface area contributed by atoms with Gasteiger partial charge in [0.1, 0.15) is 0 Å². The second kappa shape index (κ2) is 7.85. The van der Waals surface area contributed by atoms with Gasteiger partial charge in [0.05, 0.1) is 12.8 Å². The van der Waals surface area contributed by atoms with Gasteiger partial charge in [0, 0.05) is 6.42 Å². The third-order valence-electron chi connectivity index (χ3n) is 4.44. The molecule has 4 heteroatoms. The van der Waals surface area contributed by atoms with Crippen LogP contribution in [0, 0.1) is 5.92 Å². The Bertz CT molecular complexity index is 269. The zero-order valence-corrected chi connectivity index (χ0v) is 12.2. The van der Waals surface area contributed by atoms with Crippen LogP contribution in [0.5, 0.6) is 0 Å². The Balaban J connectivity index is 1.63. The molecule has 110 valence electrons. The topological polar surface area (TPSA) is 41.6 Å². The molecule has 4 nitrogen and oxygen atoms in total. The molecule has 0 aromatic rings. The fourth-order valence-electron chi connectivity index (χ4n) is 3.25. The molecule has 2 rings (SSSR count). The summed E-state index contributed by atoms with van der Waals surface area (Å²) in [5, 5.41) is 3.62. The quantitative estimate of drug-likeness (QED) is 0.776. The molecule has 1 atom stereocenters. The second-order valence-corrected chi connectivity index (χ2v) is 5.79. The number of ether oxygens (including phenoxy) is 1. The number of likely N-dealkylation sites (tertiary alicyclic amines) is 1. The molecule has 0 aliphatic carbocycles. The Morgan fingerprint density at radius 1 is 1.26 bits per heavy atom. The normalized spacial score (nSPS) is 26.3. The number of rotatable bonds is 5. The lowest BCUT2D eigenvalue weighted by atomic mass is 9.91. The lowest BCUT2D eigenvalue weighted by molar-refractivity contribution is -0.143. The molecule has 0 aromatic carbocycles. The van der Waals surface area contributed by atoms with Crippen LogP contribution in [0.15, 0.2) is 0 Å². The monoisotopic (exact) mass is 268 g/mol. The molecular weight excluding hydrogens is 240 g/mol. The van der Waals surface area contributed by atoms with Crippen LogP contribution in [0.1, 0.15) is 51.9 Å². The number of hydrogen-bond acceptors (Lipinski definition) is 4. The van der Waals surface area contributed by atoms with Crippen molar-refractivity contribution in [2.24, 2.45) is 5.92 Å². The number of hydrogen-bond donors (Lipinski definition) is 1. The number of nitrogens with one attached hydrogen (secondary N) is 1. The van der Waals surface area contributed by atoms with Crippen LogP contribution in [-0.4, -0.2) is 43.3 Å². The van der Waals surface area contributed by atoms with Crippen molar-refractivity contribution in [1.29, 1.82) is 0 Å². The van der Waals surface area contributed by atoms with Crippen LogP contribution in [-0.2, 0) is 9.53 Å². The minimum absolute atomic E-state index is 0.0288. The molecule has 0 bridgehead atoms. The van der Waals surface area contributed by atoms with Gasteiger partial charge < -0.3 is 10.1 Å². The van der Waals surface area contributed by atoms with E-state index < -0.39 is 0 Å². The predicted molar refractivity (Wildman–Crippen MR) is 75.8 cm³/mol. The van der Waals surface area contributed by atoms with E-state index in [0.717, 1.165) is 6.42 Å². The highest BCUT2D eigenvalue weighted by Gasteiger charge is 2.26. The average Bonchev–Trinajstić information content (AvgIpc) is 2.47. The van der Waals surface area contributed by atoms with Gasteiger partial charge in [0.2, 0.25) is 0 Å². The van der Waals surface area contributed by atoms with Crippen molar-refractivity contribution in [1.82, 2.24) is 10.2 Å². The van der Waals surface area contributed by atoms with Crippen LogP contribution in [0.4, 0.5) is 0 Å². The molecule has 0 saturated carbocycles. The van der Waals surface area contributed by atoms with Crippen LogP contribution >= 0.6 is 0 Å². The van der Waals surface area contributed by atoms with Crippen LogP contribution in [0.2, 0.25) is 0 Å². The molecule has 1 unspecified atom stereocenters. The Morgan fingerprint density at radius 3 is 2.68 bits per heavy atom. The van der Waals surface area contributed by atoms with E-state index in [1.165, 1.54) is 51.7 Å². The number of carbonyl (C=O) groups excluding carboxylic acids is 1. The maximum absolute atomic E-state index is 11.4. The summed E-state index contributed by atoms with van der Waals surface area (Å²) in [6, 6.07) is 0. The van der Waals surface area contributed by atoms with Crippen molar-refractivity contribution in [2.45, 2.75) is 58.0 Å². The zero-order chi connectivity index (χ0) is 13.5. The van der Waals surface area contributed by atoms with Gasteiger partial charge in [-0.2, -0.15) is 0 Å². The van der Waals surface area contributed by atoms with Crippen LogP contribution < -0.4 is 5.32 Å². The molecule has 0 spiro atoms. The van der Waals surface area contributed by atoms with Gasteiger partial charge in [-0.1, -0.05) is 0 Å². The van der Waals surface area contributed by atoms with Crippen LogP contribution in [0.3, 0.4) is 0 Å². The van der Waals surface area contributed by atoms with Gasteiger partial charge in [0.15, 0.2) is 0 Å². The van der Waals surface area contributed by atoms with Crippen molar-refractivity contribution in [3.05, 3.63) is 0 Å². The maximum Gasteiger partial charge on any atom is 0.305 e. The summed E-state index contributed by atoms with van der Waals surface area (Å²) in [6.45, 7) is 5.92. The first-order valence-electron chi connectivity index (χ1n) is 7.92. The molecule has 2 aliphatic heterocycles. The molecular formula is C15H28N2O2. The lowest BCUT2D eigenvalue weighted by Gasteiger charge is -2.39. The molecule has 0 radical (unpaired) electrons. The third-order valence-corrected chi connectivity index (χ3v) is 4.44. The van der Waals surface area contributed by atoms with E-state index in [4.69, 9.17) is 4.74 Å². The minimum atomic E-state index is -0.0288. The van der Waals surface area contributed by atoms with Gasteiger partial charge in [-0.3, -0.25) is 9.69 Å². The van der Waals surface area contributed by atoms with E-state index in [-0.39, 0.29) is 5.97 Å². The fraction of sp³-hybridized carbons (Fsp3) is 0.933. The summed E-state index contributed by atoms with van der Waals surface area (Å²) in [7, 11) is 0. The highest BCUT2D eigenvalue weighted by Crippen LogP contribution is 2.24. The first-order valence-corrected chi connectivity index (χ1v) is 7.92. The molecule has 2 heterocycles. The Morgan fingerprint density at radius 2 is 2.05 bits per heavy atom. The van der Waals surface area contributed by atoms with Crippen molar-refractivity contribution >= 4 is 5.97 Å². The summed E-state index contributed by atoms with van der Waals surface area (Å²) in [5.41, 5.74) is 0. The van der Waals surface area contributed by atoms with E-state index in [2.05, 4.69) is 10.2 Å². The Labute approximate surface area is 116 Å². The SMILES string of the molecule is CCOC(=O)CCC1CCN(C2CCCCN2)CC1. The summed E-state index contributed by atoms with van der Waals surface area (Å²) in [5.74, 6) is 0.683. The minimum Gasteiger partial charge on any atom is -0.466 e. The van der Waals surface area contributed by atoms with Crippen molar-refractivity contribution in [2.75, 3.05) is 26.2 Å². The highest BCUT2D eigenvalue weighted by molar-refractivity contribution is 5.69. The van der Waals surface area contributed by atoms with Gasteiger partial charge >= 0.3 is 5.97 Å². The van der Waals surface area contributed by atoms with Gasteiger partial charge in [-0.25, -0.2) is 0 Å². The maximum atomic E-state index is 11.4. The number of nitrogens with zero attached hydrogens (tertiary/aromatic N) is 1. The molecule has 1 N–H and O–H groups in total. The molecule has 0 amide bonds. The van der Waals surface area contributed by atoms with Gasteiger partial charge in [0.25, 0.3) is 0 Å². The number of esters is 1. The summed E-state index contributed by atoms with van der Waals surface area (Å²) in [4.78, 5) is 14.0. The Kier molecular flexibility index (Phi) is 6.11. The van der Waals surface area contributed by atoms with Gasteiger partial charge in [-0.05, 0) is 71.0 Å². The number of carbonyl (C=O) groups is 1. The smallest absolute Gasteiger partial charge is 0.305 e. The van der Waals surface area contributed by atoms with E-state index in [0.29, 0.717) is 25.1 Å². The zero-order valence-electron chi connectivity index (χ0n) is 12.2. The largest absolute Gasteiger partial charge is 0.466 e. The average molecular weight is 268 g/mol. The molecule has 2 fully saturated rings. The van der Waals surface area contributed by atoms with E-state index in [1.807, 2.05) is 6.92 Å². The standard InChI is InChI=1S/C15H28N2O2/c1-2-19-15(18)7-6-13-8-11-17(12-9-13)14-5-3-4-10-16-14/h13-14,16H,2-12H2,1H3. The van der Waals surface area contributed by atoms with E-state index >= 15 is 0 Å². The second-order valence-electron chi connectivity index (χ2n) is 5.79. The fourth-order valence-corrected chi connectivity index (χ4v) is 3.25. The number of piperidine rings is 2. The first-order chi connectivity index (χ1) is 9.29. The van der Waals surface area contributed by atoms with E-state index in [9.17, 15) is 4.79 Å². The molecule has 0 aromatic heterocycles.